The van der Waals surface area contributed by atoms with Crippen LogP contribution < -0.4 is 5.73 Å². The van der Waals surface area contributed by atoms with Gasteiger partial charge in [0.25, 0.3) is 0 Å². The Hall–Kier alpha value is -1.67. The molecule has 0 saturated carbocycles. The molecule has 1 aliphatic rings. The van der Waals surface area contributed by atoms with Crippen LogP contribution in [0.4, 0.5) is 0 Å². The number of allylic oxidation sites excluding steroid dienone is 4. The van der Waals surface area contributed by atoms with E-state index in [1.54, 1.807) is 0 Å². The minimum Gasteiger partial charge on any atom is -0.321 e. The molecule has 100 valence electrons. The topological polar surface area (TPSA) is 43.1 Å². The summed E-state index contributed by atoms with van der Waals surface area (Å²) in [7, 11) is 0. The second-order valence-electron chi connectivity index (χ2n) is 4.97. The zero-order chi connectivity index (χ0) is 13.7. The van der Waals surface area contributed by atoms with E-state index in [-0.39, 0.29) is 11.8 Å². The monoisotopic (exact) mass is 255 g/mol. The first-order valence-electron chi connectivity index (χ1n) is 6.95. The largest absolute Gasteiger partial charge is 0.321 e. The van der Waals surface area contributed by atoms with Crippen molar-refractivity contribution < 1.29 is 4.79 Å². The van der Waals surface area contributed by atoms with E-state index in [1.165, 1.54) is 11.1 Å². The van der Waals surface area contributed by atoms with E-state index in [1.807, 2.05) is 6.92 Å². The molecule has 1 atom stereocenters. The minimum absolute atomic E-state index is 0.127. The molecule has 0 spiro atoms. The predicted molar refractivity (Wildman–Crippen MR) is 79.8 cm³/mol. The lowest BCUT2D eigenvalue weighted by molar-refractivity contribution is -0.119. The normalized spacial score (nSPS) is 16.0. The molecule has 19 heavy (non-hydrogen) atoms. The molecular weight excluding hydrogens is 234 g/mol. The van der Waals surface area contributed by atoms with Gasteiger partial charge in [0.1, 0.15) is 5.78 Å². The SMILES string of the molecule is CCC(=O)[C@@H](N)Cc1ccc(C2=CCCC=C2)cc1. The number of carbonyl (C=O) groups excluding carboxylic acids is 1. The Kier molecular flexibility index (Phi) is 4.69. The Morgan fingerprint density at radius 3 is 2.58 bits per heavy atom. The van der Waals surface area contributed by atoms with Crippen LogP contribution in [0.15, 0.2) is 42.5 Å². The Labute approximate surface area is 115 Å². The molecule has 2 N–H and O–H groups in total. The van der Waals surface area contributed by atoms with Gasteiger partial charge in [-0.05, 0) is 36.0 Å². The molecule has 0 amide bonds. The first-order chi connectivity index (χ1) is 9.20. The summed E-state index contributed by atoms with van der Waals surface area (Å²) in [4.78, 5) is 11.5. The van der Waals surface area contributed by atoms with Gasteiger partial charge in [0.2, 0.25) is 0 Å². The van der Waals surface area contributed by atoms with Gasteiger partial charge < -0.3 is 5.73 Å². The Morgan fingerprint density at radius 2 is 2.00 bits per heavy atom. The van der Waals surface area contributed by atoms with E-state index in [9.17, 15) is 4.79 Å². The number of ketones is 1. The fraction of sp³-hybridized carbons (Fsp3) is 0.353. The molecule has 0 radical (unpaired) electrons. The van der Waals surface area contributed by atoms with Gasteiger partial charge in [-0.3, -0.25) is 4.79 Å². The van der Waals surface area contributed by atoms with Crippen LogP contribution in [0.5, 0.6) is 0 Å². The predicted octanol–water partition coefficient (Wildman–Crippen LogP) is 3.27. The molecule has 0 saturated heterocycles. The van der Waals surface area contributed by atoms with E-state index in [4.69, 9.17) is 5.73 Å². The summed E-state index contributed by atoms with van der Waals surface area (Å²) in [6.07, 6.45) is 10.0. The van der Waals surface area contributed by atoms with Gasteiger partial charge >= 0.3 is 0 Å². The van der Waals surface area contributed by atoms with Crippen molar-refractivity contribution in [1.29, 1.82) is 0 Å². The first-order valence-corrected chi connectivity index (χ1v) is 6.95. The molecule has 2 heteroatoms. The lowest BCUT2D eigenvalue weighted by Crippen LogP contribution is -2.32. The highest BCUT2D eigenvalue weighted by molar-refractivity contribution is 5.83. The van der Waals surface area contributed by atoms with Crippen LogP contribution in [-0.2, 0) is 11.2 Å². The van der Waals surface area contributed by atoms with E-state index < -0.39 is 0 Å². The number of hydrogen-bond acceptors (Lipinski definition) is 2. The second kappa shape index (κ2) is 6.48. The second-order valence-corrected chi connectivity index (χ2v) is 4.97. The van der Waals surface area contributed by atoms with Gasteiger partial charge in [0.15, 0.2) is 0 Å². The average Bonchev–Trinajstić information content (AvgIpc) is 2.48. The molecule has 2 nitrogen and oxygen atoms in total. The molecule has 1 aromatic rings. The number of carbonyl (C=O) groups is 1. The van der Waals surface area contributed by atoms with E-state index >= 15 is 0 Å². The maximum absolute atomic E-state index is 11.5. The number of benzene rings is 1. The number of hydrogen-bond donors (Lipinski definition) is 1. The van der Waals surface area contributed by atoms with Crippen LogP contribution in [0.25, 0.3) is 5.57 Å². The van der Waals surface area contributed by atoms with Gasteiger partial charge in [-0.15, -0.1) is 0 Å². The molecule has 1 aromatic carbocycles. The maximum Gasteiger partial charge on any atom is 0.149 e. The van der Waals surface area contributed by atoms with E-state index in [0.29, 0.717) is 12.8 Å². The zero-order valence-corrected chi connectivity index (χ0v) is 11.4. The molecule has 0 aromatic heterocycles. The van der Waals surface area contributed by atoms with Crippen LogP contribution in [-0.4, -0.2) is 11.8 Å². The molecule has 0 heterocycles. The zero-order valence-electron chi connectivity index (χ0n) is 11.4. The third-order valence-electron chi connectivity index (χ3n) is 3.50. The van der Waals surface area contributed by atoms with E-state index in [2.05, 4.69) is 42.5 Å². The molecular formula is C17H21NO. The highest BCUT2D eigenvalue weighted by Crippen LogP contribution is 2.21. The summed E-state index contributed by atoms with van der Waals surface area (Å²) in [6.45, 7) is 1.85. The van der Waals surface area contributed by atoms with Gasteiger partial charge in [0.05, 0.1) is 6.04 Å². The van der Waals surface area contributed by atoms with Crippen molar-refractivity contribution in [3.63, 3.8) is 0 Å². The Bertz CT molecular complexity index is 496. The molecule has 2 rings (SSSR count). The summed E-state index contributed by atoms with van der Waals surface area (Å²) < 4.78 is 0. The van der Waals surface area contributed by atoms with Crippen molar-refractivity contribution in [1.82, 2.24) is 0 Å². The quantitative estimate of drug-likeness (QED) is 0.877. The fourth-order valence-corrected chi connectivity index (χ4v) is 2.29. The third kappa shape index (κ3) is 3.65. The summed E-state index contributed by atoms with van der Waals surface area (Å²) in [5.74, 6) is 0.127. The molecule has 0 bridgehead atoms. The number of rotatable bonds is 5. The van der Waals surface area contributed by atoms with Crippen LogP contribution >= 0.6 is 0 Å². The highest BCUT2D eigenvalue weighted by Gasteiger charge is 2.11. The highest BCUT2D eigenvalue weighted by atomic mass is 16.1. The minimum atomic E-state index is -0.371. The third-order valence-corrected chi connectivity index (χ3v) is 3.50. The summed E-state index contributed by atoms with van der Waals surface area (Å²) in [5.41, 5.74) is 9.51. The Balaban J connectivity index is 2.04. The van der Waals surface area contributed by atoms with Gasteiger partial charge in [-0.1, -0.05) is 49.4 Å². The van der Waals surface area contributed by atoms with E-state index in [0.717, 1.165) is 18.4 Å². The number of nitrogens with two attached hydrogens (primary N) is 1. The maximum atomic E-state index is 11.5. The van der Waals surface area contributed by atoms with Crippen molar-refractivity contribution >= 4 is 11.4 Å². The fourth-order valence-electron chi connectivity index (χ4n) is 2.29. The van der Waals surface area contributed by atoms with Crippen LogP contribution in [0.1, 0.15) is 37.3 Å². The van der Waals surface area contributed by atoms with Crippen LogP contribution in [0.3, 0.4) is 0 Å². The van der Waals surface area contributed by atoms with Crippen LogP contribution in [0.2, 0.25) is 0 Å². The van der Waals surface area contributed by atoms with Crippen molar-refractivity contribution in [3.8, 4) is 0 Å². The standard InChI is InChI=1S/C17H21NO/c1-2-17(19)16(18)12-13-8-10-15(11-9-13)14-6-4-3-5-7-14/h4,6-11,16H,2-3,5,12,18H2,1H3/t16-/m0/s1. The summed E-state index contributed by atoms with van der Waals surface area (Å²) in [6, 6.07) is 7.99. The van der Waals surface area contributed by atoms with Crippen LogP contribution in [0, 0.1) is 0 Å². The van der Waals surface area contributed by atoms with Crippen molar-refractivity contribution in [2.24, 2.45) is 5.73 Å². The van der Waals surface area contributed by atoms with Gasteiger partial charge in [-0.2, -0.15) is 0 Å². The lowest BCUT2D eigenvalue weighted by atomic mass is 9.96. The van der Waals surface area contributed by atoms with Gasteiger partial charge in [0, 0.05) is 6.42 Å². The Morgan fingerprint density at radius 1 is 1.26 bits per heavy atom. The first kappa shape index (κ1) is 13.8. The average molecular weight is 255 g/mol. The molecule has 0 unspecified atom stereocenters. The van der Waals surface area contributed by atoms with Gasteiger partial charge in [-0.25, -0.2) is 0 Å². The van der Waals surface area contributed by atoms with Crippen molar-refractivity contribution in [3.05, 3.63) is 53.6 Å². The van der Waals surface area contributed by atoms with Crippen molar-refractivity contribution in [2.75, 3.05) is 0 Å². The van der Waals surface area contributed by atoms with Crippen molar-refractivity contribution in [2.45, 2.75) is 38.6 Å². The molecule has 1 aliphatic carbocycles. The summed E-state index contributed by atoms with van der Waals surface area (Å²) in [5, 5.41) is 0. The molecule has 0 fully saturated rings. The molecule has 0 aliphatic heterocycles. The smallest absolute Gasteiger partial charge is 0.149 e. The number of Topliss-reactive ketones (excluding diaryl/α,β-unsaturated/α-hetero) is 1. The lowest BCUT2D eigenvalue weighted by Gasteiger charge is -2.11. The summed E-state index contributed by atoms with van der Waals surface area (Å²) >= 11 is 0.